The summed E-state index contributed by atoms with van der Waals surface area (Å²) in [6.07, 6.45) is 0. The summed E-state index contributed by atoms with van der Waals surface area (Å²) in [6, 6.07) is 0. The maximum Gasteiger partial charge on any atom is 0.0661 e. The van der Waals surface area contributed by atoms with Gasteiger partial charge in [0.15, 0.2) is 0 Å². The second kappa shape index (κ2) is 289. The molecule has 0 saturated heterocycles. The highest BCUT2D eigenvalue weighted by Gasteiger charge is 1.69. The molecule has 0 bridgehead atoms. The second-order valence-corrected chi connectivity index (χ2v) is 33.0. The van der Waals surface area contributed by atoms with E-state index in [2.05, 4.69) is 465 Å². The SMILES string of the molecule is C[NH+](C)C.C[NH+](C)C.C[NH+](C)C.C[NH+](C)C.C[NH+](C)C.C[NH+](C)C.C[NH+](C)C.C[NH+](C)C.C[NH+](C)C.C[NH+](C)C.C[NH+](C)C.C[NH+](C)C.C[NH+](C)C.C[NH+](C)C.C[NH+](C)C.C[NH+](C)C.C[NH+](C)C.C[NH+](C)C.C[NH+](C)C.C[NH+](C)C.C[NH+](C)C.C[NH+](C)C.[Cl-].[Cl-].[Cl-].[Cl-].[Cl-].[Cl-].[Cl-].[Cl-].[Cl-].[Cl-].[Cl-].[Cl-].[Cl-].[Cl-].[Cl-].[Cl-].[Cl-].[Cl-].[Cl-].[Cl-].[Cl-].[Cl-]. The standard InChI is InChI=1S/22C3H9N.22ClH/c22*1-4(2)3;;;;;;;;;;;;;;;;;;;;;;/h22*1-3H3;22*1H. The molecule has 0 unspecified atom stereocenters. The highest BCUT2D eigenvalue weighted by atomic mass is 35.5. The van der Waals surface area contributed by atoms with Crippen LogP contribution >= 0.6 is 0 Å². The van der Waals surface area contributed by atoms with Crippen LogP contribution in [0.25, 0.3) is 0 Å². The average molecular weight is 2100 g/mol. The van der Waals surface area contributed by atoms with Crippen molar-refractivity contribution >= 4 is 0 Å². The summed E-state index contributed by atoms with van der Waals surface area (Å²) in [5, 5.41) is 0. The summed E-state index contributed by atoms with van der Waals surface area (Å²) in [5.74, 6) is 0. The maximum atomic E-state index is 2.08. The van der Waals surface area contributed by atoms with Gasteiger partial charge in [0.05, 0.1) is 465 Å². The second-order valence-electron chi connectivity index (χ2n) is 33.0. The van der Waals surface area contributed by atoms with E-state index in [4.69, 9.17) is 0 Å². The summed E-state index contributed by atoms with van der Waals surface area (Å²) in [4.78, 5) is 31.2. The van der Waals surface area contributed by atoms with Crippen molar-refractivity contribution in [3.05, 3.63) is 0 Å². The number of quaternary nitrogens is 22. The van der Waals surface area contributed by atoms with Crippen molar-refractivity contribution in [2.75, 3.05) is 465 Å². The van der Waals surface area contributed by atoms with Crippen LogP contribution < -0.4 is 381 Å². The molecule has 0 saturated carbocycles. The molecule has 0 amide bonds. The Labute approximate surface area is 838 Å². The minimum atomic E-state index is 0. The molecule has 22 N–H and O–H groups in total. The van der Waals surface area contributed by atoms with Crippen molar-refractivity contribution in [1.82, 2.24) is 0 Å². The Kier molecular flexibility index (Phi) is 777. The van der Waals surface area contributed by atoms with Gasteiger partial charge in [0, 0.05) is 0 Å². The van der Waals surface area contributed by atoms with E-state index in [1.807, 2.05) is 0 Å². The van der Waals surface area contributed by atoms with Crippen molar-refractivity contribution in [2.45, 2.75) is 0 Å². The van der Waals surface area contributed by atoms with Crippen molar-refractivity contribution in [3.8, 4) is 0 Å². The van der Waals surface area contributed by atoms with Gasteiger partial charge in [0.1, 0.15) is 0 Å². The lowest BCUT2D eigenvalue weighted by Crippen LogP contribution is -3.02. The molecule has 22 nitrogen and oxygen atoms in total. The molecule has 0 spiro atoms. The van der Waals surface area contributed by atoms with Crippen molar-refractivity contribution in [2.24, 2.45) is 0 Å². The molecule has 0 radical (unpaired) electrons. The highest BCUT2D eigenvalue weighted by molar-refractivity contribution is 3.67. The first-order valence-corrected chi connectivity index (χ1v) is 33.0. The van der Waals surface area contributed by atoms with E-state index in [-0.39, 0.29) is 273 Å². The average Bonchev–Trinajstić information content (AvgIpc) is 3.06. The Bertz CT molecular complexity index is 550. The zero-order chi connectivity index (χ0) is 78.7. The summed E-state index contributed by atoms with van der Waals surface area (Å²) in [5.41, 5.74) is 0. The van der Waals surface area contributed by atoms with Gasteiger partial charge in [-0.15, -0.1) is 0 Å². The molecule has 44 heteroatoms. The largest absolute Gasteiger partial charge is 1.00 e. The highest BCUT2D eigenvalue weighted by Crippen LogP contribution is 0.949. The lowest BCUT2D eigenvalue weighted by molar-refractivity contribution is -0.836. The molecule has 0 aromatic rings. The van der Waals surface area contributed by atoms with Crippen LogP contribution in [0.15, 0.2) is 0 Å². The summed E-state index contributed by atoms with van der Waals surface area (Å²) < 4.78 is 0. The van der Waals surface area contributed by atoms with Gasteiger partial charge >= 0.3 is 0 Å². The van der Waals surface area contributed by atoms with Crippen molar-refractivity contribution in [1.29, 1.82) is 0 Å². The normalized spacial score (nSPS) is 7.20. The van der Waals surface area contributed by atoms with E-state index in [9.17, 15) is 0 Å². The van der Waals surface area contributed by atoms with Crippen molar-refractivity contribution < 1.29 is 381 Å². The monoisotopic (exact) mass is 2090 g/mol. The van der Waals surface area contributed by atoms with E-state index >= 15 is 0 Å². The molecule has 0 heterocycles. The predicted molar refractivity (Wildman–Crippen MR) is 412 cm³/mol. The van der Waals surface area contributed by atoms with E-state index < -0.39 is 0 Å². The topological polar surface area (TPSA) is 97.7 Å². The van der Waals surface area contributed by atoms with Crippen LogP contribution in [0.1, 0.15) is 0 Å². The van der Waals surface area contributed by atoms with Crippen LogP contribution in [0.4, 0.5) is 0 Å². The summed E-state index contributed by atoms with van der Waals surface area (Å²) in [7, 11) is 137. The molecule has 0 aliphatic rings. The molecule has 0 atom stereocenters. The van der Waals surface area contributed by atoms with Crippen LogP contribution in [0.2, 0.25) is 0 Å². The number of nitrogens with one attached hydrogen (secondary N) is 22. The number of rotatable bonds is 0. The smallest absolute Gasteiger partial charge is 0.0661 e. The molecular weight excluding hydrogens is 1880 g/mol. The van der Waals surface area contributed by atoms with E-state index in [1.54, 1.807) is 0 Å². The third-order valence-electron chi connectivity index (χ3n) is 0. The predicted octanol–water partition coefficient (Wildman–Crippen LogP) is -93.2. The molecule has 0 aromatic heterocycles. The third kappa shape index (κ3) is 47500. The molecule has 110 heavy (non-hydrogen) atoms. The molecular formula is C66H220Cl22N22. The fourth-order valence-corrected chi connectivity index (χ4v) is 0. The molecule has 0 aliphatic carbocycles. The van der Waals surface area contributed by atoms with E-state index in [0.29, 0.717) is 0 Å². The van der Waals surface area contributed by atoms with E-state index in [0.717, 1.165) is 0 Å². The Morgan fingerprint density at radius 2 is 0.0455 bits per heavy atom. The molecule has 748 valence electrons. The van der Waals surface area contributed by atoms with Crippen molar-refractivity contribution in [3.63, 3.8) is 0 Å². The van der Waals surface area contributed by atoms with Gasteiger partial charge in [-0.1, -0.05) is 0 Å². The molecule has 0 aliphatic heterocycles. The quantitative estimate of drug-likeness (QED) is 0.114. The zero-order valence-electron chi connectivity index (χ0n) is 85.3. The Balaban J connectivity index is -0.00000000978. The Hall–Kier alpha value is 5.50. The first-order valence-electron chi connectivity index (χ1n) is 33.0. The lowest BCUT2D eigenvalue weighted by Gasteiger charge is -1.88. The Morgan fingerprint density at radius 1 is 0.0455 bits per heavy atom. The fourth-order valence-electron chi connectivity index (χ4n) is 0. The van der Waals surface area contributed by atoms with Crippen LogP contribution in [-0.2, 0) is 0 Å². The van der Waals surface area contributed by atoms with Gasteiger partial charge in [-0.25, -0.2) is 0 Å². The minimum Gasteiger partial charge on any atom is -1.00 e. The van der Waals surface area contributed by atoms with Crippen LogP contribution in [0, 0.1) is 0 Å². The van der Waals surface area contributed by atoms with Gasteiger partial charge < -0.3 is 381 Å². The fraction of sp³-hybridized carbons (Fsp3) is 1.00. The molecule has 0 fully saturated rings. The number of hydrogen-bond acceptors (Lipinski definition) is 0. The van der Waals surface area contributed by atoms with E-state index in [1.165, 1.54) is 108 Å². The first kappa shape index (κ1) is 296. The molecule has 0 aromatic carbocycles. The van der Waals surface area contributed by atoms with Crippen LogP contribution in [0.3, 0.4) is 0 Å². The van der Waals surface area contributed by atoms with Gasteiger partial charge in [0.25, 0.3) is 0 Å². The third-order valence-corrected chi connectivity index (χ3v) is 0. The van der Waals surface area contributed by atoms with Gasteiger partial charge in [-0.3, -0.25) is 0 Å². The lowest BCUT2D eigenvalue weighted by atomic mass is 11.0. The number of halogens is 22. The minimum absolute atomic E-state index is 0. The van der Waals surface area contributed by atoms with Crippen LogP contribution in [-0.4, -0.2) is 465 Å². The zero-order valence-corrected chi connectivity index (χ0v) is 102. The maximum absolute atomic E-state index is 2.08. The summed E-state index contributed by atoms with van der Waals surface area (Å²) >= 11 is 0. The first-order chi connectivity index (χ1) is 38.1. The van der Waals surface area contributed by atoms with Gasteiger partial charge in [0.2, 0.25) is 0 Å². The number of hydrogen-bond donors (Lipinski definition) is 22. The van der Waals surface area contributed by atoms with Gasteiger partial charge in [-0.05, 0) is 0 Å². The molecule has 0 rings (SSSR count). The van der Waals surface area contributed by atoms with Crippen LogP contribution in [0.5, 0.6) is 0 Å². The summed E-state index contributed by atoms with van der Waals surface area (Å²) in [6.45, 7) is 0. The Morgan fingerprint density at radius 3 is 0.0455 bits per heavy atom. The van der Waals surface area contributed by atoms with Gasteiger partial charge in [-0.2, -0.15) is 0 Å².